The van der Waals surface area contributed by atoms with E-state index in [1.807, 2.05) is 42.5 Å². The second-order valence-electron chi connectivity index (χ2n) is 15.8. The van der Waals surface area contributed by atoms with Crippen LogP contribution in [-0.2, 0) is 19.2 Å². The molecular formula is C47H49BrN6O8S. The first kappa shape index (κ1) is 45.2. The lowest BCUT2D eigenvalue weighted by Crippen LogP contribution is -2.54. The van der Waals surface area contributed by atoms with Crippen molar-refractivity contribution in [3.8, 4) is 0 Å². The summed E-state index contributed by atoms with van der Waals surface area (Å²) < 4.78 is 0.982. The zero-order chi connectivity index (χ0) is 44.5. The van der Waals surface area contributed by atoms with Gasteiger partial charge in [-0.05, 0) is 92.1 Å². The fourth-order valence-electron chi connectivity index (χ4n) is 8.17. The number of fused-ring (bicyclic) bond motifs is 1. The second-order valence-corrected chi connectivity index (χ2v) is 17.8. The molecule has 0 aliphatic carbocycles. The molecule has 63 heavy (non-hydrogen) atoms. The number of nitrogens with zero attached hydrogens (tertiary/aromatic N) is 2. The maximum Gasteiger partial charge on any atom is 0.264 e. The summed E-state index contributed by atoms with van der Waals surface area (Å²) in [6.07, 6.45) is 7.51. The Labute approximate surface area is 377 Å². The first-order valence-electron chi connectivity index (χ1n) is 21.5. The minimum atomic E-state index is -1.00. The van der Waals surface area contributed by atoms with Crippen LogP contribution in [0.5, 0.6) is 0 Å². The standard InChI is InChI=1S/C47H49BrN6O8S/c48-29-17-19-30(20-18-29)63-37-23-21-34-41-31(37)11-9-12-32(41)44(59)53(45(34)60)28-27-51-39(56)16-6-5-15-38(55)50-26-8-4-2-1-3-7-25-49-35-14-10-13-33-42(35)47(62)54(46(33)61)36-22-24-40(57)52-43(36)58/h9-14,17-21,23,36,49H,1-8,15-16,22,24-28H2,(H,50,55)(H,51,56)(H,52,57,58). The number of rotatable bonds is 21. The van der Waals surface area contributed by atoms with Gasteiger partial charge in [-0.3, -0.25) is 53.5 Å². The monoisotopic (exact) mass is 936 g/mol. The highest BCUT2D eigenvalue weighted by molar-refractivity contribution is 9.10. The molecule has 8 amide bonds. The van der Waals surface area contributed by atoms with Crippen LogP contribution in [0.2, 0.25) is 0 Å². The maximum absolute atomic E-state index is 13.5. The number of nitrogens with one attached hydrogen (secondary N) is 4. The minimum Gasteiger partial charge on any atom is -0.384 e. The van der Waals surface area contributed by atoms with Gasteiger partial charge in [0.1, 0.15) is 6.04 Å². The summed E-state index contributed by atoms with van der Waals surface area (Å²) in [6, 6.07) is 21.1. The van der Waals surface area contributed by atoms with Crippen LogP contribution in [0.25, 0.3) is 10.8 Å². The Morgan fingerprint density at radius 2 is 1.30 bits per heavy atom. The molecule has 0 bridgehead atoms. The van der Waals surface area contributed by atoms with Gasteiger partial charge < -0.3 is 16.0 Å². The SMILES string of the molecule is O=C(CCCCC(=O)NCCN1C(=O)c2cccc3c(Sc4ccc(Br)cc4)ccc(c23)C1=O)NCCCCCCCCNc1cccc2c1C(=O)N(C1CCC(=O)NC1=O)C2=O. The fourth-order valence-corrected chi connectivity index (χ4v) is 9.37. The van der Waals surface area contributed by atoms with E-state index in [1.54, 1.807) is 42.1 Å². The smallest absolute Gasteiger partial charge is 0.264 e. The molecule has 0 aromatic heterocycles. The summed E-state index contributed by atoms with van der Waals surface area (Å²) >= 11 is 5.03. The number of piperidine rings is 1. The first-order valence-corrected chi connectivity index (χ1v) is 23.1. The topological polar surface area (TPSA) is 191 Å². The predicted molar refractivity (Wildman–Crippen MR) is 241 cm³/mol. The number of benzene rings is 4. The van der Waals surface area contributed by atoms with Crippen molar-refractivity contribution >= 4 is 91.4 Å². The Kier molecular flexibility index (Phi) is 15.1. The lowest BCUT2D eigenvalue weighted by Gasteiger charge is -2.27. The molecule has 16 heteroatoms. The molecule has 4 aromatic carbocycles. The lowest BCUT2D eigenvalue weighted by molar-refractivity contribution is -0.136. The van der Waals surface area contributed by atoms with E-state index < -0.39 is 29.7 Å². The predicted octanol–water partition coefficient (Wildman–Crippen LogP) is 7.00. The number of anilines is 1. The highest BCUT2D eigenvalue weighted by atomic mass is 79.9. The Morgan fingerprint density at radius 3 is 2.02 bits per heavy atom. The number of hydrogen-bond donors (Lipinski definition) is 4. The van der Waals surface area contributed by atoms with Crippen molar-refractivity contribution in [1.82, 2.24) is 25.8 Å². The zero-order valence-corrected chi connectivity index (χ0v) is 37.2. The molecule has 0 saturated carbocycles. The molecule has 4 N–H and O–H groups in total. The maximum atomic E-state index is 13.5. The molecule has 14 nitrogen and oxygen atoms in total. The summed E-state index contributed by atoms with van der Waals surface area (Å²) in [5, 5.41) is 12.7. The average Bonchev–Trinajstić information content (AvgIpc) is 3.53. The van der Waals surface area contributed by atoms with Gasteiger partial charge in [0, 0.05) is 81.9 Å². The molecule has 3 aliphatic rings. The van der Waals surface area contributed by atoms with Gasteiger partial charge >= 0.3 is 0 Å². The molecule has 328 valence electrons. The molecule has 1 atom stereocenters. The van der Waals surface area contributed by atoms with Crippen LogP contribution in [0.15, 0.2) is 87.1 Å². The summed E-state index contributed by atoms with van der Waals surface area (Å²) in [5.41, 5.74) is 1.98. The number of imide groups is 3. The van der Waals surface area contributed by atoms with Gasteiger partial charge in [0.05, 0.1) is 11.1 Å². The van der Waals surface area contributed by atoms with Gasteiger partial charge in [-0.25, -0.2) is 0 Å². The van der Waals surface area contributed by atoms with Crippen molar-refractivity contribution in [3.63, 3.8) is 0 Å². The minimum absolute atomic E-state index is 0.0489. The molecule has 0 spiro atoms. The van der Waals surface area contributed by atoms with Crippen LogP contribution < -0.4 is 21.3 Å². The van der Waals surface area contributed by atoms with E-state index >= 15 is 0 Å². The largest absolute Gasteiger partial charge is 0.384 e. The van der Waals surface area contributed by atoms with E-state index in [0.29, 0.717) is 54.6 Å². The van der Waals surface area contributed by atoms with Crippen molar-refractivity contribution in [3.05, 3.63) is 99.5 Å². The normalized spacial score (nSPS) is 15.8. The third-order valence-electron chi connectivity index (χ3n) is 11.4. The molecule has 7 rings (SSSR count). The summed E-state index contributed by atoms with van der Waals surface area (Å²) in [4.78, 5) is 106. The Bertz CT molecular complexity index is 2440. The van der Waals surface area contributed by atoms with E-state index in [2.05, 4.69) is 37.2 Å². The van der Waals surface area contributed by atoms with Crippen LogP contribution >= 0.6 is 27.7 Å². The summed E-state index contributed by atoms with van der Waals surface area (Å²) in [7, 11) is 0. The number of halogens is 1. The molecule has 1 fully saturated rings. The summed E-state index contributed by atoms with van der Waals surface area (Å²) in [5.74, 6) is -3.13. The van der Waals surface area contributed by atoms with Gasteiger partial charge in [0.15, 0.2) is 0 Å². The molecule has 3 aliphatic heterocycles. The van der Waals surface area contributed by atoms with Gasteiger partial charge in [0.2, 0.25) is 23.6 Å². The number of carbonyl (C=O) groups is 8. The van der Waals surface area contributed by atoms with Crippen LogP contribution in [-0.4, -0.2) is 89.3 Å². The van der Waals surface area contributed by atoms with Crippen LogP contribution in [0.3, 0.4) is 0 Å². The molecule has 1 saturated heterocycles. The molecule has 3 heterocycles. The van der Waals surface area contributed by atoms with Crippen molar-refractivity contribution in [2.24, 2.45) is 0 Å². The van der Waals surface area contributed by atoms with Gasteiger partial charge in [-0.15, -0.1) is 0 Å². The molecule has 0 radical (unpaired) electrons. The van der Waals surface area contributed by atoms with E-state index in [9.17, 15) is 38.4 Å². The molecule has 1 unspecified atom stereocenters. The van der Waals surface area contributed by atoms with Crippen molar-refractivity contribution in [2.75, 3.05) is 31.5 Å². The van der Waals surface area contributed by atoms with Crippen LogP contribution in [0.1, 0.15) is 118 Å². The van der Waals surface area contributed by atoms with E-state index in [-0.39, 0.29) is 67.1 Å². The van der Waals surface area contributed by atoms with E-state index in [4.69, 9.17) is 0 Å². The Hall–Kier alpha value is -5.87. The zero-order valence-electron chi connectivity index (χ0n) is 34.8. The second kappa shape index (κ2) is 21.0. The van der Waals surface area contributed by atoms with E-state index in [1.165, 1.54) is 4.90 Å². The Morgan fingerprint density at radius 1 is 0.667 bits per heavy atom. The van der Waals surface area contributed by atoms with Crippen LogP contribution in [0, 0.1) is 0 Å². The fraction of sp³-hybridized carbons (Fsp3) is 0.362. The van der Waals surface area contributed by atoms with Crippen molar-refractivity contribution in [2.45, 2.75) is 92.9 Å². The lowest BCUT2D eigenvalue weighted by atomic mass is 9.94. The van der Waals surface area contributed by atoms with Gasteiger partial charge in [0.25, 0.3) is 23.6 Å². The number of unbranched alkanes of at least 4 members (excludes halogenated alkanes) is 6. The molecule has 4 aromatic rings. The highest BCUT2D eigenvalue weighted by Crippen LogP contribution is 2.39. The van der Waals surface area contributed by atoms with Gasteiger partial charge in [-0.1, -0.05) is 71.6 Å². The number of amides is 8. The quantitative estimate of drug-likeness (QED) is 0.0500. The van der Waals surface area contributed by atoms with Crippen LogP contribution in [0.4, 0.5) is 5.69 Å². The van der Waals surface area contributed by atoms with E-state index in [0.717, 1.165) is 63.1 Å². The first-order chi connectivity index (χ1) is 30.5. The number of carbonyl (C=O) groups excluding carboxylic acids is 8. The van der Waals surface area contributed by atoms with Crippen molar-refractivity contribution in [1.29, 1.82) is 0 Å². The molecular weight excluding hydrogens is 889 g/mol. The van der Waals surface area contributed by atoms with Crippen molar-refractivity contribution < 1.29 is 38.4 Å². The third kappa shape index (κ3) is 10.7. The third-order valence-corrected chi connectivity index (χ3v) is 13.0. The highest BCUT2D eigenvalue weighted by Gasteiger charge is 2.45. The Balaban J connectivity index is 0.720. The summed E-state index contributed by atoms with van der Waals surface area (Å²) in [6.45, 7) is 1.37. The van der Waals surface area contributed by atoms with Gasteiger partial charge in [-0.2, -0.15) is 0 Å². The number of hydrogen-bond acceptors (Lipinski definition) is 10. The average molecular weight is 938 g/mol.